The molecule has 5 nitrogen and oxygen atoms in total. The van der Waals surface area contributed by atoms with E-state index in [9.17, 15) is 4.79 Å². The number of aromatic nitrogens is 3. The zero-order chi connectivity index (χ0) is 14.7. The molecule has 0 radical (unpaired) electrons. The highest BCUT2D eigenvalue weighted by atomic mass is 35.5. The number of nitrogens with zero attached hydrogens (tertiary/aromatic N) is 3. The Morgan fingerprint density at radius 2 is 2.10 bits per heavy atom. The molecular formula is C15H17ClN4O. The van der Waals surface area contributed by atoms with Crippen LogP contribution in [0.5, 0.6) is 0 Å². The smallest absolute Gasteiger partial charge is 0.242 e. The first-order chi connectivity index (χ1) is 10.2. The Kier molecular flexibility index (Phi) is 4.20. The monoisotopic (exact) mass is 304 g/mol. The summed E-state index contributed by atoms with van der Waals surface area (Å²) in [4.78, 5) is 16.3. The largest absolute Gasteiger partial charge is 0.352 e. The Balaban J connectivity index is 1.73. The minimum atomic E-state index is -0.0271. The highest BCUT2D eigenvalue weighted by molar-refractivity contribution is 6.33. The molecular weight excluding hydrogens is 288 g/mol. The van der Waals surface area contributed by atoms with Crippen LogP contribution in [-0.2, 0) is 11.3 Å². The predicted molar refractivity (Wildman–Crippen MR) is 80.9 cm³/mol. The van der Waals surface area contributed by atoms with Gasteiger partial charge in [0.15, 0.2) is 5.82 Å². The standard InChI is InChI=1S/C15H17ClN4O/c16-13-8-4-3-7-12(13)15-17-10-18-20(15)9-14(21)19-11-5-1-2-6-11/h3-4,7-8,10-11H,1-2,5-6,9H2,(H,19,21). The van der Waals surface area contributed by atoms with Gasteiger partial charge in [0, 0.05) is 11.6 Å². The number of rotatable bonds is 4. The van der Waals surface area contributed by atoms with Gasteiger partial charge in [0.2, 0.25) is 5.91 Å². The molecule has 1 aromatic carbocycles. The second-order valence-corrected chi connectivity index (χ2v) is 5.68. The molecule has 1 N–H and O–H groups in total. The maximum absolute atomic E-state index is 12.1. The first-order valence-electron chi connectivity index (χ1n) is 7.16. The van der Waals surface area contributed by atoms with Crippen molar-refractivity contribution in [2.24, 2.45) is 0 Å². The summed E-state index contributed by atoms with van der Waals surface area (Å²) in [6.07, 6.45) is 5.97. The van der Waals surface area contributed by atoms with Gasteiger partial charge in [0.05, 0.1) is 5.02 Å². The number of hydrogen-bond donors (Lipinski definition) is 1. The van der Waals surface area contributed by atoms with Gasteiger partial charge in [0.25, 0.3) is 0 Å². The third kappa shape index (κ3) is 3.24. The summed E-state index contributed by atoms with van der Waals surface area (Å²) in [6, 6.07) is 7.73. The van der Waals surface area contributed by atoms with Crippen LogP contribution in [-0.4, -0.2) is 26.7 Å². The molecule has 0 spiro atoms. The van der Waals surface area contributed by atoms with Crippen molar-refractivity contribution in [2.45, 2.75) is 38.3 Å². The lowest BCUT2D eigenvalue weighted by Crippen LogP contribution is -2.35. The zero-order valence-electron chi connectivity index (χ0n) is 11.6. The van der Waals surface area contributed by atoms with Crippen molar-refractivity contribution in [3.05, 3.63) is 35.6 Å². The lowest BCUT2D eigenvalue weighted by Gasteiger charge is -2.12. The molecule has 6 heteroatoms. The lowest BCUT2D eigenvalue weighted by molar-refractivity contribution is -0.122. The molecule has 1 heterocycles. The Bertz CT molecular complexity index is 634. The maximum atomic E-state index is 12.1. The number of halogens is 1. The molecule has 0 unspecified atom stereocenters. The highest BCUT2D eigenvalue weighted by Gasteiger charge is 2.19. The highest BCUT2D eigenvalue weighted by Crippen LogP contribution is 2.25. The van der Waals surface area contributed by atoms with Gasteiger partial charge in [-0.2, -0.15) is 5.10 Å². The van der Waals surface area contributed by atoms with Crippen molar-refractivity contribution >= 4 is 17.5 Å². The summed E-state index contributed by atoms with van der Waals surface area (Å²) in [6.45, 7) is 0.164. The van der Waals surface area contributed by atoms with E-state index in [1.54, 1.807) is 10.7 Å². The minimum Gasteiger partial charge on any atom is -0.352 e. The van der Waals surface area contributed by atoms with Gasteiger partial charge >= 0.3 is 0 Å². The van der Waals surface area contributed by atoms with Crippen LogP contribution < -0.4 is 5.32 Å². The van der Waals surface area contributed by atoms with Gasteiger partial charge in [-0.15, -0.1) is 0 Å². The maximum Gasteiger partial charge on any atom is 0.242 e. The summed E-state index contributed by atoms with van der Waals surface area (Å²) in [5.74, 6) is 0.586. The summed E-state index contributed by atoms with van der Waals surface area (Å²) < 4.78 is 1.59. The fourth-order valence-electron chi connectivity index (χ4n) is 2.71. The Morgan fingerprint density at radius 3 is 2.86 bits per heavy atom. The van der Waals surface area contributed by atoms with Crippen LogP contribution in [0.25, 0.3) is 11.4 Å². The van der Waals surface area contributed by atoms with Gasteiger partial charge < -0.3 is 5.32 Å². The average molecular weight is 305 g/mol. The number of hydrogen-bond acceptors (Lipinski definition) is 3. The van der Waals surface area contributed by atoms with Crippen LogP contribution in [0.2, 0.25) is 5.02 Å². The van der Waals surface area contributed by atoms with Crippen molar-refractivity contribution in [2.75, 3.05) is 0 Å². The van der Waals surface area contributed by atoms with Crippen molar-refractivity contribution in [3.8, 4) is 11.4 Å². The van der Waals surface area contributed by atoms with Gasteiger partial charge in [0.1, 0.15) is 12.9 Å². The Hall–Kier alpha value is -1.88. The Morgan fingerprint density at radius 1 is 1.33 bits per heavy atom. The van der Waals surface area contributed by atoms with Gasteiger partial charge in [-0.05, 0) is 25.0 Å². The number of carbonyl (C=O) groups excluding carboxylic acids is 1. The molecule has 1 fully saturated rings. The van der Waals surface area contributed by atoms with Crippen LogP contribution in [0.3, 0.4) is 0 Å². The molecule has 0 atom stereocenters. The molecule has 1 aromatic heterocycles. The molecule has 0 saturated heterocycles. The quantitative estimate of drug-likeness (QED) is 0.944. The molecule has 3 rings (SSSR count). The van der Waals surface area contributed by atoms with Gasteiger partial charge in [-0.1, -0.05) is 36.6 Å². The van der Waals surface area contributed by atoms with E-state index < -0.39 is 0 Å². The molecule has 21 heavy (non-hydrogen) atoms. The second kappa shape index (κ2) is 6.26. The van der Waals surface area contributed by atoms with Crippen molar-refractivity contribution in [1.82, 2.24) is 20.1 Å². The topological polar surface area (TPSA) is 59.8 Å². The summed E-state index contributed by atoms with van der Waals surface area (Å²) in [5, 5.41) is 7.78. The van der Waals surface area contributed by atoms with Crippen LogP contribution >= 0.6 is 11.6 Å². The number of carbonyl (C=O) groups is 1. The molecule has 1 amide bonds. The zero-order valence-corrected chi connectivity index (χ0v) is 12.4. The van der Waals surface area contributed by atoms with E-state index in [0.29, 0.717) is 16.9 Å². The van der Waals surface area contributed by atoms with Crippen molar-refractivity contribution in [3.63, 3.8) is 0 Å². The lowest BCUT2D eigenvalue weighted by atomic mass is 10.2. The van der Waals surface area contributed by atoms with Crippen LogP contribution in [0, 0.1) is 0 Å². The molecule has 110 valence electrons. The van der Waals surface area contributed by atoms with E-state index in [0.717, 1.165) is 18.4 Å². The van der Waals surface area contributed by atoms with E-state index in [1.165, 1.54) is 19.2 Å². The molecule has 1 aliphatic carbocycles. The first-order valence-corrected chi connectivity index (χ1v) is 7.54. The SMILES string of the molecule is O=C(Cn1ncnc1-c1ccccc1Cl)NC1CCCC1. The normalized spacial score (nSPS) is 15.3. The first kappa shape index (κ1) is 14.1. The molecule has 0 bridgehead atoms. The fraction of sp³-hybridized carbons (Fsp3) is 0.400. The van der Waals surface area contributed by atoms with Crippen molar-refractivity contribution in [1.29, 1.82) is 0 Å². The van der Waals surface area contributed by atoms with Crippen LogP contribution in [0.15, 0.2) is 30.6 Å². The predicted octanol–water partition coefficient (Wildman–Crippen LogP) is 2.66. The number of amides is 1. The van der Waals surface area contributed by atoms with Crippen LogP contribution in [0.1, 0.15) is 25.7 Å². The van der Waals surface area contributed by atoms with E-state index in [2.05, 4.69) is 15.4 Å². The molecule has 1 aliphatic rings. The number of nitrogens with one attached hydrogen (secondary N) is 1. The van der Waals surface area contributed by atoms with Gasteiger partial charge in [-0.25, -0.2) is 9.67 Å². The van der Waals surface area contributed by atoms with E-state index >= 15 is 0 Å². The van der Waals surface area contributed by atoms with E-state index in [4.69, 9.17) is 11.6 Å². The summed E-state index contributed by atoms with van der Waals surface area (Å²) >= 11 is 6.18. The average Bonchev–Trinajstić information content (AvgIpc) is 3.11. The molecule has 1 saturated carbocycles. The number of benzene rings is 1. The van der Waals surface area contributed by atoms with Gasteiger partial charge in [-0.3, -0.25) is 4.79 Å². The summed E-state index contributed by atoms with van der Waals surface area (Å²) in [7, 11) is 0. The third-order valence-electron chi connectivity index (χ3n) is 3.74. The molecule has 0 aliphatic heterocycles. The summed E-state index contributed by atoms with van der Waals surface area (Å²) in [5.41, 5.74) is 0.783. The Labute approximate surface area is 128 Å². The van der Waals surface area contributed by atoms with Crippen LogP contribution in [0.4, 0.5) is 0 Å². The second-order valence-electron chi connectivity index (χ2n) is 5.27. The van der Waals surface area contributed by atoms with E-state index in [-0.39, 0.29) is 12.5 Å². The molecule has 2 aromatic rings. The fourth-order valence-corrected chi connectivity index (χ4v) is 2.93. The third-order valence-corrected chi connectivity index (χ3v) is 4.07. The van der Waals surface area contributed by atoms with E-state index in [1.807, 2.05) is 18.2 Å². The van der Waals surface area contributed by atoms with Crippen molar-refractivity contribution < 1.29 is 4.79 Å². The minimum absolute atomic E-state index is 0.0271.